The van der Waals surface area contributed by atoms with Gasteiger partial charge in [-0.15, -0.1) is 0 Å². The Balaban J connectivity index is 1.92. The summed E-state index contributed by atoms with van der Waals surface area (Å²) >= 11 is 0. The molecule has 1 atom stereocenters. The van der Waals surface area contributed by atoms with Gasteiger partial charge in [-0.2, -0.15) is 0 Å². The minimum absolute atomic E-state index is 0.185. The van der Waals surface area contributed by atoms with Crippen LogP contribution in [0.2, 0.25) is 0 Å². The molecule has 0 unspecified atom stereocenters. The van der Waals surface area contributed by atoms with E-state index in [1.165, 1.54) is 0 Å². The number of pyridine rings is 1. The number of carboxylic acid groups (broad SMARTS) is 1. The van der Waals surface area contributed by atoms with Crippen molar-refractivity contribution in [1.29, 1.82) is 0 Å². The molecule has 2 amide bonds. The van der Waals surface area contributed by atoms with Gasteiger partial charge in [-0.3, -0.25) is 4.79 Å². The van der Waals surface area contributed by atoms with Crippen molar-refractivity contribution in [3.8, 4) is 5.88 Å². The summed E-state index contributed by atoms with van der Waals surface area (Å²) in [6.07, 6.45) is 0.177. The van der Waals surface area contributed by atoms with Gasteiger partial charge in [0.15, 0.2) is 5.82 Å². The van der Waals surface area contributed by atoms with Crippen molar-refractivity contribution in [1.82, 2.24) is 15.2 Å². The van der Waals surface area contributed by atoms with Crippen LogP contribution in [0.25, 0.3) is 0 Å². The van der Waals surface area contributed by atoms with E-state index in [9.17, 15) is 18.4 Å². The third-order valence-electron chi connectivity index (χ3n) is 4.02. The first-order valence-corrected chi connectivity index (χ1v) is 8.04. The highest BCUT2D eigenvalue weighted by Gasteiger charge is 2.32. The Labute approximate surface area is 144 Å². The van der Waals surface area contributed by atoms with Crippen molar-refractivity contribution >= 4 is 12.0 Å². The summed E-state index contributed by atoms with van der Waals surface area (Å²) in [6.45, 7) is 4.24. The number of amides is 2. The van der Waals surface area contributed by atoms with E-state index in [4.69, 9.17) is 9.84 Å². The predicted molar refractivity (Wildman–Crippen MR) is 84.2 cm³/mol. The van der Waals surface area contributed by atoms with Gasteiger partial charge in [0.1, 0.15) is 18.0 Å². The molecular formula is C16H21F2N3O4. The summed E-state index contributed by atoms with van der Waals surface area (Å²) in [5, 5.41) is 11.1. The van der Waals surface area contributed by atoms with Crippen LogP contribution in [-0.4, -0.2) is 52.2 Å². The summed E-state index contributed by atoms with van der Waals surface area (Å²) in [7, 11) is 0. The van der Waals surface area contributed by atoms with E-state index in [-0.39, 0.29) is 23.8 Å². The largest absolute Gasteiger partial charge is 0.472 e. The highest BCUT2D eigenvalue weighted by Crippen LogP contribution is 2.21. The first-order chi connectivity index (χ1) is 11.8. The number of carbonyl (C=O) groups excluding carboxylic acids is 1. The number of rotatable bonds is 5. The second-order valence-corrected chi connectivity index (χ2v) is 6.25. The van der Waals surface area contributed by atoms with Gasteiger partial charge in [0, 0.05) is 32.0 Å². The lowest BCUT2D eigenvalue weighted by Gasteiger charge is -2.35. The average Bonchev–Trinajstić information content (AvgIpc) is 2.55. The highest BCUT2D eigenvalue weighted by atomic mass is 19.1. The summed E-state index contributed by atoms with van der Waals surface area (Å²) < 4.78 is 31.9. The third kappa shape index (κ3) is 5.01. The number of likely N-dealkylation sites (tertiary alicyclic amines) is 1. The first-order valence-electron chi connectivity index (χ1n) is 8.04. The van der Waals surface area contributed by atoms with Crippen LogP contribution < -0.4 is 10.1 Å². The molecule has 1 saturated heterocycles. The van der Waals surface area contributed by atoms with E-state index in [0.29, 0.717) is 32.0 Å². The van der Waals surface area contributed by atoms with Crippen molar-refractivity contribution in [3.05, 3.63) is 23.9 Å². The van der Waals surface area contributed by atoms with Crippen LogP contribution in [0, 0.1) is 17.6 Å². The van der Waals surface area contributed by atoms with Gasteiger partial charge in [0.05, 0.1) is 6.20 Å². The Kier molecular flexibility index (Phi) is 6.11. The molecule has 1 aromatic rings. The van der Waals surface area contributed by atoms with E-state index in [1.54, 1.807) is 18.7 Å². The van der Waals surface area contributed by atoms with Crippen LogP contribution in [0.5, 0.6) is 5.88 Å². The van der Waals surface area contributed by atoms with Crippen LogP contribution in [0.1, 0.15) is 26.7 Å². The lowest BCUT2D eigenvalue weighted by atomic mass is 10.0. The van der Waals surface area contributed by atoms with E-state index in [2.05, 4.69) is 10.3 Å². The standard InChI is InChI=1S/C16H21F2N3O4/c1-9(2)13(20-16(23)24)15(22)21-5-3-11(4-6-21)25-14-12(18)7-10(17)8-19-14/h7-9,11,13,20H,3-6H2,1-2H3,(H,23,24)/t13-/m0/s1. The molecule has 0 saturated carbocycles. The van der Waals surface area contributed by atoms with Crippen LogP contribution in [0.15, 0.2) is 12.3 Å². The Morgan fingerprint density at radius 3 is 2.52 bits per heavy atom. The second kappa shape index (κ2) is 8.09. The monoisotopic (exact) mass is 357 g/mol. The van der Waals surface area contributed by atoms with E-state index >= 15 is 0 Å². The van der Waals surface area contributed by atoms with Gasteiger partial charge >= 0.3 is 6.09 Å². The van der Waals surface area contributed by atoms with Gasteiger partial charge in [-0.25, -0.2) is 18.6 Å². The highest BCUT2D eigenvalue weighted by molar-refractivity contribution is 5.85. The maximum absolute atomic E-state index is 13.6. The fraction of sp³-hybridized carbons (Fsp3) is 0.562. The zero-order chi connectivity index (χ0) is 18.6. The van der Waals surface area contributed by atoms with E-state index < -0.39 is 23.8 Å². The lowest BCUT2D eigenvalue weighted by molar-refractivity contribution is -0.136. The van der Waals surface area contributed by atoms with Crippen molar-refractivity contribution in [2.75, 3.05) is 13.1 Å². The number of carbonyl (C=O) groups is 2. The molecule has 7 nitrogen and oxygen atoms in total. The van der Waals surface area contributed by atoms with E-state index in [0.717, 1.165) is 6.20 Å². The normalized spacial score (nSPS) is 16.6. The molecule has 1 aliphatic rings. The molecule has 0 aromatic carbocycles. The predicted octanol–water partition coefficient (Wildman–Crippen LogP) is 2.02. The maximum Gasteiger partial charge on any atom is 0.405 e. The number of hydrogen-bond acceptors (Lipinski definition) is 4. The number of halogens is 2. The van der Waals surface area contributed by atoms with Crippen LogP contribution in [-0.2, 0) is 4.79 Å². The van der Waals surface area contributed by atoms with Crippen molar-refractivity contribution in [2.24, 2.45) is 5.92 Å². The van der Waals surface area contributed by atoms with Crippen LogP contribution in [0.4, 0.5) is 13.6 Å². The minimum Gasteiger partial charge on any atom is -0.472 e. The third-order valence-corrected chi connectivity index (χ3v) is 4.02. The lowest BCUT2D eigenvalue weighted by Crippen LogP contribution is -2.53. The van der Waals surface area contributed by atoms with Gasteiger partial charge in [0.25, 0.3) is 5.88 Å². The number of hydrogen-bond donors (Lipinski definition) is 2. The van der Waals surface area contributed by atoms with Gasteiger partial charge in [0.2, 0.25) is 5.91 Å². The molecule has 2 N–H and O–H groups in total. The quantitative estimate of drug-likeness (QED) is 0.841. The van der Waals surface area contributed by atoms with Crippen molar-refractivity contribution in [2.45, 2.75) is 38.8 Å². The summed E-state index contributed by atoms with van der Waals surface area (Å²) in [5.41, 5.74) is 0. The fourth-order valence-corrected chi connectivity index (χ4v) is 2.68. The molecule has 138 valence electrons. The Morgan fingerprint density at radius 1 is 1.36 bits per heavy atom. The zero-order valence-corrected chi connectivity index (χ0v) is 14.0. The summed E-state index contributed by atoms with van der Waals surface area (Å²) in [5.74, 6) is -2.39. The van der Waals surface area contributed by atoms with Gasteiger partial charge < -0.3 is 20.1 Å². The molecule has 0 spiro atoms. The van der Waals surface area contributed by atoms with Crippen molar-refractivity contribution < 1.29 is 28.2 Å². The number of nitrogens with zero attached hydrogens (tertiary/aromatic N) is 2. The number of ether oxygens (including phenoxy) is 1. The van der Waals surface area contributed by atoms with Crippen LogP contribution in [0.3, 0.4) is 0 Å². The maximum atomic E-state index is 13.6. The van der Waals surface area contributed by atoms with Gasteiger partial charge in [-0.1, -0.05) is 13.8 Å². The molecule has 1 aliphatic heterocycles. The number of aromatic nitrogens is 1. The Bertz CT molecular complexity index is 634. The number of piperidine rings is 1. The number of nitrogens with one attached hydrogen (secondary N) is 1. The Hall–Kier alpha value is -2.45. The summed E-state index contributed by atoms with van der Waals surface area (Å²) in [4.78, 5) is 28.5. The SMILES string of the molecule is CC(C)[C@H](NC(=O)O)C(=O)N1CCC(Oc2ncc(F)cc2F)CC1. The summed E-state index contributed by atoms with van der Waals surface area (Å²) in [6, 6.07) is -0.114. The molecule has 1 aromatic heterocycles. The average molecular weight is 357 g/mol. The molecule has 25 heavy (non-hydrogen) atoms. The van der Waals surface area contributed by atoms with Crippen LogP contribution >= 0.6 is 0 Å². The molecular weight excluding hydrogens is 336 g/mol. The molecule has 9 heteroatoms. The smallest absolute Gasteiger partial charge is 0.405 e. The molecule has 1 fully saturated rings. The molecule has 2 rings (SSSR count). The molecule has 0 bridgehead atoms. The fourth-order valence-electron chi connectivity index (χ4n) is 2.68. The second-order valence-electron chi connectivity index (χ2n) is 6.25. The first kappa shape index (κ1) is 18.9. The van der Waals surface area contributed by atoms with Gasteiger partial charge in [-0.05, 0) is 5.92 Å². The molecule has 2 heterocycles. The van der Waals surface area contributed by atoms with E-state index in [1.807, 2.05) is 0 Å². The molecule has 0 radical (unpaired) electrons. The van der Waals surface area contributed by atoms with Crippen molar-refractivity contribution in [3.63, 3.8) is 0 Å². The zero-order valence-electron chi connectivity index (χ0n) is 14.0. The molecule has 0 aliphatic carbocycles. The Morgan fingerprint density at radius 2 is 2.00 bits per heavy atom. The topological polar surface area (TPSA) is 91.8 Å². The minimum atomic E-state index is -1.25.